The first-order valence-electron chi connectivity index (χ1n) is 6.78. The monoisotopic (exact) mass is 281 g/mol. The van der Waals surface area contributed by atoms with Gasteiger partial charge in [-0.15, -0.1) is 5.10 Å². The second kappa shape index (κ2) is 5.24. The van der Waals surface area contributed by atoms with Gasteiger partial charge in [-0.3, -0.25) is 0 Å². The van der Waals surface area contributed by atoms with E-state index < -0.39 is 0 Å². The maximum absolute atomic E-state index is 5.91. The number of hydrogen-bond donors (Lipinski definition) is 1. The second-order valence-electron chi connectivity index (χ2n) is 4.14. The minimum Gasteiger partial charge on any atom is -0.461 e. The summed E-state index contributed by atoms with van der Waals surface area (Å²) in [7, 11) is 0. The van der Waals surface area contributed by atoms with Crippen LogP contribution in [0.1, 0.15) is 13.8 Å². The van der Waals surface area contributed by atoms with Gasteiger partial charge in [0.25, 0.3) is 0 Å². The van der Waals surface area contributed by atoms with Crippen LogP contribution in [-0.2, 0) is 0 Å². The number of nitrogen functional groups attached to an aromatic ring is 1. The number of aromatic nitrogens is 4. The molecule has 0 saturated carbocycles. The number of rotatable bonds is 1. The van der Waals surface area contributed by atoms with Crippen molar-refractivity contribution in [2.45, 2.75) is 13.8 Å². The van der Waals surface area contributed by atoms with E-state index in [9.17, 15) is 0 Å². The van der Waals surface area contributed by atoms with Crippen molar-refractivity contribution in [2.24, 2.45) is 0 Å². The standard InChI is InChI=1S/C13H9N5O.C2H6/c14-13-15-9-5-2-1-4-8(9)12-16-11(17-18(12)13)10-6-3-7-19-10;1-2/h1-7H,(H2,14,15);1-2H3. The van der Waals surface area contributed by atoms with E-state index in [0.717, 1.165) is 10.9 Å². The Balaban J connectivity index is 0.000000636. The number of para-hydroxylation sites is 1. The molecular formula is C15H15N5O. The Morgan fingerprint density at radius 2 is 1.86 bits per heavy atom. The maximum atomic E-state index is 5.91. The third kappa shape index (κ3) is 2.10. The van der Waals surface area contributed by atoms with Crippen molar-refractivity contribution in [3.63, 3.8) is 0 Å². The van der Waals surface area contributed by atoms with Crippen molar-refractivity contribution in [3.05, 3.63) is 42.7 Å². The molecule has 21 heavy (non-hydrogen) atoms. The molecule has 6 nitrogen and oxygen atoms in total. The molecule has 0 atom stereocenters. The number of furan rings is 1. The molecule has 0 aliphatic rings. The van der Waals surface area contributed by atoms with Crippen molar-refractivity contribution < 1.29 is 4.42 Å². The van der Waals surface area contributed by atoms with Crippen LogP contribution < -0.4 is 5.73 Å². The Kier molecular flexibility index (Phi) is 3.27. The molecule has 6 heteroatoms. The lowest BCUT2D eigenvalue weighted by molar-refractivity contribution is 0.577. The average molecular weight is 281 g/mol. The zero-order valence-corrected chi connectivity index (χ0v) is 11.8. The molecule has 2 N–H and O–H groups in total. The summed E-state index contributed by atoms with van der Waals surface area (Å²) in [5, 5.41) is 5.23. The average Bonchev–Trinajstić information content (AvgIpc) is 3.19. The third-order valence-corrected chi connectivity index (χ3v) is 2.95. The van der Waals surface area contributed by atoms with E-state index in [0.29, 0.717) is 23.2 Å². The summed E-state index contributed by atoms with van der Waals surface area (Å²) in [5.41, 5.74) is 7.38. The number of nitrogens with two attached hydrogens (primary N) is 1. The van der Waals surface area contributed by atoms with Gasteiger partial charge in [0, 0.05) is 5.39 Å². The van der Waals surface area contributed by atoms with Gasteiger partial charge in [0.15, 0.2) is 11.4 Å². The van der Waals surface area contributed by atoms with Crippen molar-refractivity contribution in [1.29, 1.82) is 0 Å². The maximum Gasteiger partial charge on any atom is 0.223 e. The summed E-state index contributed by atoms with van der Waals surface area (Å²) in [5.74, 6) is 1.40. The Morgan fingerprint density at radius 3 is 2.62 bits per heavy atom. The Hall–Kier alpha value is -2.89. The minimum atomic E-state index is 0.305. The van der Waals surface area contributed by atoms with Crippen molar-refractivity contribution in [2.75, 3.05) is 5.73 Å². The zero-order chi connectivity index (χ0) is 14.8. The lowest BCUT2D eigenvalue weighted by Crippen LogP contribution is -2.02. The molecule has 0 amide bonds. The van der Waals surface area contributed by atoms with Crippen LogP contribution in [0.3, 0.4) is 0 Å². The van der Waals surface area contributed by atoms with Gasteiger partial charge in [0.2, 0.25) is 11.8 Å². The highest BCUT2D eigenvalue weighted by Gasteiger charge is 2.13. The van der Waals surface area contributed by atoms with E-state index in [1.54, 1.807) is 18.4 Å². The second-order valence-corrected chi connectivity index (χ2v) is 4.14. The quantitative estimate of drug-likeness (QED) is 0.579. The van der Waals surface area contributed by atoms with Crippen LogP contribution in [0.2, 0.25) is 0 Å². The zero-order valence-electron chi connectivity index (χ0n) is 11.8. The molecule has 0 radical (unpaired) electrons. The molecule has 0 aliphatic heterocycles. The van der Waals surface area contributed by atoms with E-state index in [4.69, 9.17) is 10.2 Å². The number of hydrogen-bond acceptors (Lipinski definition) is 5. The summed E-state index contributed by atoms with van der Waals surface area (Å²) >= 11 is 0. The highest BCUT2D eigenvalue weighted by Crippen LogP contribution is 2.23. The van der Waals surface area contributed by atoms with Crippen molar-refractivity contribution in [1.82, 2.24) is 19.6 Å². The van der Waals surface area contributed by atoms with Crippen LogP contribution in [0.4, 0.5) is 5.95 Å². The molecule has 0 fully saturated rings. The van der Waals surface area contributed by atoms with E-state index in [1.165, 1.54) is 4.52 Å². The van der Waals surface area contributed by atoms with Crippen molar-refractivity contribution in [3.8, 4) is 11.6 Å². The fourth-order valence-corrected chi connectivity index (χ4v) is 2.09. The van der Waals surface area contributed by atoms with Gasteiger partial charge in [-0.25, -0.2) is 9.97 Å². The molecule has 0 saturated heterocycles. The first-order chi connectivity index (χ1) is 10.3. The summed E-state index contributed by atoms with van der Waals surface area (Å²) in [6.45, 7) is 4.00. The van der Waals surface area contributed by atoms with Gasteiger partial charge in [0.1, 0.15) is 0 Å². The summed E-state index contributed by atoms with van der Waals surface area (Å²) in [6.07, 6.45) is 1.58. The molecule has 0 unspecified atom stereocenters. The lowest BCUT2D eigenvalue weighted by atomic mass is 10.2. The topological polar surface area (TPSA) is 82.2 Å². The third-order valence-electron chi connectivity index (χ3n) is 2.95. The fourth-order valence-electron chi connectivity index (χ4n) is 2.09. The van der Waals surface area contributed by atoms with Gasteiger partial charge >= 0.3 is 0 Å². The Bertz CT molecular complexity index is 880. The molecule has 4 aromatic rings. The van der Waals surface area contributed by atoms with Crippen LogP contribution in [-0.4, -0.2) is 19.6 Å². The van der Waals surface area contributed by atoms with Gasteiger partial charge < -0.3 is 10.2 Å². The number of fused-ring (bicyclic) bond motifs is 3. The molecular weight excluding hydrogens is 266 g/mol. The molecule has 106 valence electrons. The van der Waals surface area contributed by atoms with E-state index in [2.05, 4.69) is 15.1 Å². The predicted octanol–water partition coefficient (Wildman–Crippen LogP) is 3.15. The smallest absolute Gasteiger partial charge is 0.223 e. The summed E-state index contributed by atoms with van der Waals surface area (Å²) in [4.78, 5) is 8.79. The van der Waals surface area contributed by atoms with Crippen LogP contribution in [0.5, 0.6) is 0 Å². The molecule has 0 bridgehead atoms. The van der Waals surface area contributed by atoms with Gasteiger partial charge in [-0.2, -0.15) is 4.52 Å². The van der Waals surface area contributed by atoms with Crippen LogP contribution in [0, 0.1) is 0 Å². The molecule has 0 spiro atoms. The number of nitrogens with zero attached hydrogens (tertiary/aromatic N) is 4. The molecule has 0 aliphatic carbocycles. The minimum absolute atomic E-state index is 0.305. The first-order valence-corrected chi connectivity index (χ1v) is 6.78. The molecule has 1 aromatic carbocycles. The Labute approximate surface area is 121 Å². The predicted molar refractivity (Wildman–Crippen MR) is 81.8 cm³/mol. The molecule has 4 rings (SSSR count). The van der Waals surface area contributed by atoms with Crippen LogP contribution in [0.15, 0.2) is 47.1 Å². The SMILES string of the molecule is CC.Nc1nc2ccccc2c2nc(-c3ccco3)nn12. The van der Waals surface area contributed by atoms with E-state index in [1.807, 2.05) is 38.1 Å². The van der Waals surface area contributed by atoms with Crippen molar-refractivity contribution >= 4 is 22.5 Å². The van der Waals surface area contributed by atoms with Crippen LogP contribution >= 0.6 is 0 Å². The number of anilines is 1. The Morgan fingerprint density at radius 1 is 1.05 bits per heavy atom. The summed E-state index contributed by atoms with van der Waals surface area (Å²) < 4.78 is 6.83. The first kappa shape index (κ1) is 13.1. The van der Waals surface area contributed by atoms with Gasteiger partial charge in [-0.1, -0.05) is 26.0 Å². The lowest BCUT2D eigenvalue weighted by Gasteiger charge is -2.00. The fraction of sp³-hybridized carbons (Fsp3) is 0.133. The molecule has 3 aromatic heterocycles. The largest absolute Gasteiger partial charge is 0.461 e. The van der Waals surface area contributed by atoms with Gasteiger partial charge in [-0.05, 0) is 24.3 Å². The van der Waals surface area contributed by atoms with E-state index in [-0.39, 0.29) is 0 Å². The summed E-state index contributed by atoms with van der Waals surface area (Å²) in [6, 6.07) is 11.3. The number of benzene rings is 1. The highest BCUT2D eigenvalue weighted by atomic mass is 16.3. The van der Waals surface area contributed by atoms with Gasteiger partial charge in [0.05, 0.1) is 11.8 Å². The van der Waals surface area contributed by atoms with E-state index >= 15 is 0 Å². The molecule has 3 heterocycles. The van der Waals surface area contributed by atoms with Crippen LogP contribution in [0.25, 0.3) is 28.1 Å². The highest BCUT2D eigenvalue weighted by molar-refractivity contribution is 5.92. The normalized spacial score (nSPS) is 10.6.